The Hall–Kier alpha value is -1.37. The first-order valence-corrected chi connectivity index (χ1v) is 17.8. The maximum atomic E-state index is 16.0. The van der Waals surface area contributed by atoms with Gasteiger partial charge in [0, 0.05) is 50.5 Å². The molecule has 0 radical (unpaired) electrons. The lowest BCUT2D eigenvalue weighted by atomic mass is 9.45. The van der Waals surface area contributed by atoms with E-state index >= 15 is 4.39 Å². The fourth-order valence-corrected chi connectivity index (χ4v) is 10.6. The number of hydrogen-bond donors (Lipinski definition) is 4. The number of halogens is 1. The molecule has 2 bridgehead atoms. The van der Waals surface area contributed by atoms with Crippen LogP contribution in [0.4, 0.5) is 4.39 Å². The van der Waals surface area contributed by atoms with E-state index in [1.54, 1.807) is 26.1 Å². The minimum Gasteiger partial charge on any atom is -0.394 e. The van der Waals surface area contributed by atoms with Crippen molar-refractivity contribution >= 4 is 11.8 Å². The number of hydroxylamine groups is 2. The van der Waals surface area contributed by atoms with E-state index in [0.717, 1.165) is 25.7 Å². The van der Waals surface area contributed by atoms with E-state index in [1.165, 1.54) is 6.42 Å². The van der Waals surface area contributed by atoms with E-state index in [4.69, 9.17) is 9.57 Å². The molecule has 6 fully saturated rings. The van der Waals surface area contributed by atoms with E-state index in [1.807, 2.05) is 14.1 Å². The number of ether oxygens (including phenoxy) is 1. The van der Waals surface area contributed by atoms with Gasteiger partial charge in [0.05, 0.1) is 18.8 Å². The standard InChI is InChI=1S/C35H61FN4O6/c1-18-26-14-22(35(26,3)4)15-28(18)38-34(44)31-30(19(2)42)29(17-41)46-40(31)16-25-27(36)10-9-24(32(25)45-8)20-11-21(33(43)37-5)13-23(12-20)39(6)7/h18-32,41-42H,9-17H2,1-8H3,(H,37,43)(H,38,44)/t18-,19-,20?,21?,22+,23?,24?,25?,26-,27?,28-,29-,30+,31-,32?/m0/s1. The molecule has 0 aromatic rings. The number of nitrogens with zero attached hydrogens (tertiary/aromatic N) is 2. The molecule has 6 aliphatic rings. The molecular formula is C35H61FN4O6. The van der Waals surface area contributed by atoms with Crippen molar-refractivity contribution < 1.29 is 33.8 Å². The van der Waals surface area contributed by atoms with Crippen LogP contribution >= 0.6 is 0 Å². The zero-order valence-electron chi connectivity index (χ0n) is 29.3. The van der Waals surface area contributed by atoms with Crippen molar-refractivity contribution in [2.24, 2.45) is 52.8 Å². The number of methoxy groups -OCH3 is 1. The number of carbonyl (C=O) groups is 2. The maximum absolute atomic E-state index is 16.0. The van der Waals surface area contributed by atoms with Crippen molar-refractivity contribution in [1.82, 2.24) is 20.6 Å². The number of alkyl halides is 1. The van der Waals surface area contributed by atoms with Gasteiger partial charge < -0.3 is 30.5 Å². The molecule has 264 valence electrons. The Bertz CT molecular complexity index is 1080. The zero-order valence-corrected chi connectivity index (χ0v) is 29.3. The predicted molar refractivity (Wildman–Crippen MR) is 173 cm³/mol. The molecule has 0 spiro atoms. The van der Waals surface area contributed by atoms with Gasteiger partial charge in [-0.25, -0.2) is 4.39 Å². The number of carbonyl (C=O) groups excluding carboxylic acids is 2. The fourth-order valence-electron chi connectivity index (χ4n) is 10.6. The van der Waals surface area contributed by atoms with Gasteiger partial charge in [0.1, 0.15) is 18.3 Å². The van der Waals surface area contributed by atoms with Gasteiger partial charge in [-0.2, -0.15) is 5.06 Å². The van der Waals surface area contributed by atoms with Gasteiger partial charge in [-0.05, 0) is 101 Å². The predicted octanol–water partition coefficient (Wildman–Crippen LogP) is 2.62. The number of aliphatic hydroxyl groups excluding tert-OH is 2. The Labute approximate surface area is 275 Å². The lowest BCUT2D eigenvalue weighted by molar-refractivity contribution is -0.199. The molecule has 10 nitrogen and oxygen atoms in total. The molecule has 0 aromatic carbocycles. The summed E-state index contributed by atoms with van der Waals surface area (Å²) in [6.07, 6.45) is 2.30. The van der Waals surface area contributed by atoms with Crippen LogP contribution in [-0.4, -0.2) is 116 Å². The Balaban J connectivity index is 1.36. The third-order valence-corrected chi connectivity index (χ3v) is 13.5. The minimum atomic E-state index is -1.16. The minimum absolute atomic E-state index is 0.0258. The molecular weight excluding hydrogens is 591 g/mol. The molecule has 4 N–H and O–H groups in total. The largest absolute Gasteiger partial charge is 0.394 e. The summed E-state index contributed by atoms with van der Waals surface area (Å²) in [5.41, 5.74) is 0.279. The molecule has 6 rings (SSSR count). The van der Waals surface area contributed by atoms with Gasteiger partial charge in [0.25, 0.3) is 0 Å². The second-order valence-electron chi connectivity index (χ2n) is 16.3. The van der Waals surface area contributed by atoms with Crippen LogP contribution in [0, 0.1) is 52.8 Å². The van der Waals surface area contributed by atoms with E-state index in [9.17, 15) is 19.8 Å². The molecule has 15 atom stereocenters. The number of rotatable bonds is 10. The van der Waals surface area contributed by atoms with Crippen molar-refractivity contribution in [3.63, 3.8) is 0 Å². The van der Waals surface area contributed by atoms with Crippen molar-refractivity contribution in [2.75, 3.05) is 41.4 Å². The second kappa shape index (κ2) is 14.2. The lowest BCUT2D eigenvalue weighted by Crippen LogP contribution is -2.62. The third kappa shape index (κ3) is 6.62. The van der Waals surface area contributed by atoms with Gasteiger partial charge in [0.15, 0.2) is 0 Å². The normalized spacial score (nSPS) is 44.8. The Morgan fingerprint density at radius 2 is 1.85 bits per heavy atom. The van der Waals surface area contributed by atoms with Gasteiger partial charge in [-0.1, -0.05) is 20.8 Å². The highest BCUT2D eigenvalue weighted by molar-refractivity contribution is 5.83. The summed E-state index contributed by atoms with van der Waals surface area (Å²) in [5, 5.41) is 28.8. The molecule has 5 aliphatic carbocycles. The monoisotopic (exact) mass is 652 g/mol. The molecule has 7 unspecified atom stereocenters. The summed E-state index contributed by atoms with van der Waals surface area (Å²) in [7, 11) is 7.41. The molecule has 5 saturated carbocycles. The quantitative estimate of drug-likeness (QED) is 0.284. The zero-order chi connectivity index (χ0) is 33.7. The second-order valence-corrected chi connectivity index (χ2v) is 16.3. The van der Waals surface area contributed by atoms with E-state index in [-0.39, 0.29) is 60.2 Å². The summed E-state index contributed by atoms with van der Waals surface area (Å²) in [6, 6.07) is -0.602. The highest BCUT2D eigenvalue weighted by Crippen LogP contribution is 2.61. The van der Waals surface area contributed by atoms with Crippen LogP contribution in [0.2, 0.25) is 0 Å². The number of hydrogen-bond acceptors (Lipinski definition) is 8. The molecule has 0 aromatic heterocycles. The van der Waals surface area contributed by atoms with Crippen LogP contribution in [0.3, 0.4) is 0 Å². The summed E-state index contributed by atoms with van der Waals surface area (Å²) < 4.78 is 22.1. The fraction of sp³-hybridized carbons (Fsp3) is 0.943. The molecule has 1 heterocycles. The highest BCUT2D eigenvalue weighted by atomic mass is 19.1. The molecule has 2 amide bonds. The van der Waals surface area contributed by atoms with Crippen LogP contribution in [0.25, 0.3) is 0 Å². The first kappa shape index (κ1) is 35.9. The Morgan fingerprint density at radius 3 is 2.41 bits per heavy atom. The number of aliphatic hydroxyl groups is 2. The lowest BCUT2D eigenvalue weighted by Gasteiger charge is -2.62. The van der Waals surface area contributed by atoms with Gasteiger partial charge in [-0.15, -0.1) is 0 Å². The molecule has 1 aliphatic heterocycles. The van der Waals surface area contributed by atoms with E-state index in [2.05, 4.69) is 36.3 Å². The van der Waals surface area contributed by atoms with Crippen molar-refractivity contribution in [1.29, 1.82) is 0 Å². The van der Waals surface area contributed by atoms with E-state index < -0.39 is 42.4 Å². The number of nitrogens with one attached hydrogen (secondary N) is 2. The number of fused-ring (bicyclic) bond motifs is 2. The van der Waals surface area contributed by atoms with Crippen LogP contribution in [0.15, 0.2) is 0 Å². The first-order valence-electron chi connectivity index (χ1n) is 17.8. The maximum Gasteiger partial charge on any atom is 0.240 e. The van der Waals surface area contributed by atoms with Crippen LogP contribution in [-0.2, 0) is 19.2 Å². The molecule has 46 heavy (non-hydrogen) atoms. The van der Waals surface area contributed by atoms with Gasteiger partial charge in [0.2, 0.25) is 11.8 Å². The van der Waals surface area contributed by atoms with Crippen LogP contribution in [0.1, 0.15) is 72.6 Å². The summed E-state index contributed by atoms with van der Waals surface area (Å²) in [5.74, 6) is 0.133. The smallest absolute Gasteiger partial charge is 0.240 e. The Morgan fingerprint density at radius 1 is 1.13 bits per heavy atom. The van der Waals surface area contributed by atoms with Crippen molar-refractivity contribution in [3.05, 3.63) is 0 Å². The number of amides is 2. The average Bonchev–Trinajstić information content (AvgIpc) is 3.40. The van der Waals surface area contributed by atoms with Gasteiger partial charge in [-0.3, -0.25) is 14.4 Å². The van der Waals surface area contributed by atoms with Crippen molar-refractivity contribution in [3.8, 4) is 0 Å². The summed E-state index contributed by atoms with van der Waals surface area (Å²) in [4.78, 5) is 35.3. The summed E-state index contributed by atoms with van der Waals surface area (Å²) in [6.45, 7) is 8.25. The van der Waals surface area contributed by atoms with Crippen LogP contribution < -0.4 is 10.6 Å². The first-order chi connectivity index (χ1) is 21.7. The molecule has 11 heteroatoms. The van der Waals surface area contributed by atoms with Crippen molar-refractivity contribution in [2.45, 2.75) is 115 Å². The van der Waals surface area contributed by atoms with Gasteiger partial charge >= 0.3 is 0 Å². The average molecular weight is 653 g/mol. The SMILES string of the molecule is CNC(=O)C1CC(C2CCC(F)C(CN3O[C@@H](CO)[C@@H]([C@H](C)O)[C@H]3C(=O)N[C@H]3C[C@H]4C[C@@H]([C@@H]3C)C4(C)C)C2OC)CC(N(C)C)C1. The topological polar surface area (TPSA) is 124 Å². The van der Waals surface area contributed by atoms with Crippen LogP contribution in [0.5, 0.6) is 0 Å². The highest BCUT2D eigenvalue weighted by Gasteiger charge is 2.58. The third-order valence-electron chi connectivity index (χ3n) is 13.5. The Kier molecular flexibility index (Phi) is 11.1. The summed E-state index contributed by atoms with van der Waals surface area (Å²) >= 11 is 0. The van der Waals surface area contributed by atoms with E-state index in [0.29, 0.717) is 30.6 Å². The molecule has 1 saturated heterocycles.